The summed E-state index contributed by atoms with van der Waals surface area (Å²) in [6, 6.07) is 53.5. The Bertz CT molecular complexity index is 3200. The molecule has 11 rings (SSSR count). The van der Waals surface area contributed by atoms with Gasteiger partial charge in [0.05, 0.1) is 5.52 Å². The van der Waals surface area contributed by atoms with E-state index in [-0.39, 0.29) is 0 Å². The van der Waals surface area contributed by atoms with Gasteiger partial charge in [0.2, 0.25) is 5.71 Å². The predicted octanol–water partition coefficient (Wildman–Crippen LogP) is 12.0. The number of hydrogen-bond donors (Lipinski definition) is 0. The Balaban J connectivity index is 1.24. The highest BCUT2D eigenvalue weighted by molar-refractivity contribution is 6.18. The van der Waals surface area contributed by atoms with Crippen molar-refractivity contribution in [3.8, 4) is 45.3 Å². The minimum absolute atomic E-state index is 0.572. The number of benzene rings is 7. The van der Waals surface area contributed by atoms with Crippen LogP contribution in [0.25, 0.3) is 111 Å². The van der Waals surface area contributed by atoms with Crippen molar-refractivity contribution in [2.24, 2.45) is 0 Å². The fraction of sp³-hybridized carbons (Fsp3) is 0. The summed E-state index contributed by atoms with van der Waals surface area (Å²) in [5.74, 6) is 1.73. The average molecular weight is 667 g/mol. The van der Waals surface area contributed by atoms with Gasteiger partial charge in [-0.05, 0) is 52.7 Å². The van der Waals surface area contributed by atoms with Crippen LogP contribution in [0.2, 0.25) is 0 Å². The van der Waals surface area contributed by atoms with Crippen LogP contribution in [0.5, 0.6) is 0 Å². The first-order valence-electron chi connectivity index (χ1n) is 17.2. The molecule has 0 aliphatic carbocycles. The lowest BCUT2D eigenvalue weighted by Gasteiger charge is -2.15. The van der Waals surface area contributed by atoms with Crippen molar-refractivity contribution in [1.82, 2.24) is 19.9 Å². The second kappa shape index (κ2) is 11.2. The van der Waals surface area contributed by atoms with Gasteiger partial charge in [0.1, 0.15) is 16.7 Å². The van der Waals surface area contributed by atoms with E-state index < -0.39 is 0 Å². The zero-order valence-electron chi connectivity index (χ0n) is 27.6. The monoisotopic (exact) mass is 666 g/mol. The lowest BCUT2D eigenvalue weighted by atomic mass is 9.90. The number of pyridine rings is 1. The normalized spacial score (nSPS) is 11.8. The van der Waals surface area contributed by atoms with Crippen LogP contribution in [-0.2, 0) is 0 Å². The van der Waals surface area contributed by atoms with Gasteiger partial charge in [0, 0.05) is 49.2 Å². The molecule has 0 aliphatic rings. The van der Waals surface area contributed by atoms with Crippen molar-refractivity contribution >= 4 is 65.7 Å². The molecule has 6 heteroatoms. The largest absolute Gasteiger partial charge is 0.456 e. The molecular weight excluding hydrogens is 641 g/mol. The highest BCUT2D eigenvalue weighted by Crippen LogP contribution is 2.44. The summed E-state index contributed by atoms with van der Waals surface area (Å²) >= 11 is 0. The van der Waals surface area contributed by atoms with Crippen LogP contribution in [0.15, 0.2) is 167 Å². The van der Waals surface area contributed by atoms with Crippen molar-refractivity contribution in [3.05, 3.63) is 158 Å². The molecule has 0 fully saturated rings. The smallest absolute Gasteiger partial charge is 0.227 e. The van der Waals surface area contributed by atoms with Crippen LogP contribution in [0, 0.1) is 0 Å². The van der Waals surface area contributed by atoms with E-state index in [1.807, 2.05) is 91.0 Å². The van der Waals surface area contributed by atoms with Gasteiger partial charge in [-0.2, -0.15) is 0 Å². The van der Waals surface area contributed by atoms with Crippen LogP contribution in [0.4, 0.5) is 0 Å². The zero-order valence-corrected chi connectivity index (χ0v) is 27.6. The van der Waals surface area contributed by atoms with Crippen molar-refractivity contribution in [3.63, 3.8) is 0 Å². The van der Waals surface area contributed by atoms with Crippen molar-refractivity contribution in [1.29, 1.82) is 0 Å². The third-order valence-corrected chi connectivity index (χ3v) is 9.94. The second-order valence-corrected chi connectivity index (χ2v) is 13.0. The SMILES string of the molecule is c1ccc(-c2nc(-c3ccc4ccccc4c3-c3cccc4oc5nc6ccccc6cc5c34)nc(-c3cccc4oc5ccccc5c34)n2)cc1. The maximum Gasteiger partial charge on any atom is 0.227 e. The number of para-hydroxylation sites is 2. The fourth-order valence-corrected chi connectivity index (χ4v) is 7.60. The van der Waals surface area contributed by atoms with Crippen LogP contribution >= 0.6 is 0 Å². The number of hydrogen-bond acceptors (Lipinski definition) is 6. The van der Waals surface area contributed by atoms with Gasteiger partial charge in [-0.1, -0.05) is 121 Å². The Hall–Kier alpha value is -7.18. The van der Waals surface area contributed by atoms with Gasteiger partial charge >= 0.3 is 0 Å². The highest BCUT2D eigenvalue weighted by Gasteiger charge is 2.23. The standard InChI is InChI=1S/C46H26N4O2/c1-2-13-28(14-3-1)43-48-44(33-19-11-22-38-41(33)31-17-7-9-21-37(31)51-38)50-45(49-43)34-25-24-27-12-4-6-16-30(27)40(34)32-18-10-23-39-42(32)35-26-29-15-5-8-20-36(29)47-46(35)52-39/h1-26H. The van der Waals surface area contributed by atoms with E-state index in [1.165, 1.54) is 0 Å². The molecule has 0 saturated heterocycles. The summed E-state index contributed by atoms with van der Waals surface area (Å²) in [6.07, 6.45) is 0. The molecule has 0 aliphatic heterocycles. The first-order chi connectivity index (χ1) is 25.8. The Kier molecular flexibility index (Phi) is 6.15. The highest BCUT2D eigenvalue weighted by atomic mass is 16.3. The lowest BCUT2D eigenvalue weighted by molar-refractivity contribution is 0.656. The van der Waals surface area contributed by atoms with Crippen molar-refractivity contribution in [2.75, 3.05) is 0 Å². The molecule has 0 radical (unpaired) electrons. The Morgan fingerprint density at radius 1 is 0.365 bits per heavy atom. The van der Waals surface area contributed by atoms with Crippen molar-refractivity contribution in [2.45, 2.75) is 0 Å². The van der Waals surface area contributed by atoms with E-state index in [4.69, 9.17) is 28.8 Å². The van der Waals surface area contributed by atoms with Crippen LogP contribution in [-0.4, -0.2) is 19.9 Å². The molecule has 242 valence electrons. The van der Waals surface area contributed by atoms with Gasteiger partial charge in [0.15, 0.2) is 17.5 Å². The van der Waals surface area contributed by atoms with E-state index in [1.54, 1.807) is 0 Å². The maximum absolute atomic E-state index is 6.44. The molecule has 0 bridgehead atoms. The topological polar surface area (TPSA) is 77.8 Å². The maximum atomic E-state index is 6.44. The van der Waals surface area contributed by atoms with Gasteiger partial charge in [-0.15, -0.1) is 0 Å². The molecule has 4 heterocycles. The summed E-state index contributed by atoms with van der Waals surface area (Å²) in [4.78, 5) is 20.6. The lowest BCUT2D eigenvalue weighted by Crippen LogP contribution is -2.01. The Morgan fingerprint density at radius 3 is 1.87 bits per heavy atom. The van der Waals surface area contributed by atoms with Gasteiger partial charge in [-0.25, -0.2) is 19.9 Å². The summed E-state index contributed by atoms with van der Waals surface area (Å²) < 4.78 is 12.7. The molecule has 52 heavy (non-hydrogen) atoms. The molecule has 11 aromatic rings. The molecule has 0 N–H and O–H groups in total. The van der Waals surface area contributed by atoms with Crippen molar-refractivity contribution < 1.29 is 8.83 Å². The van der Waals surface area contributed by atoms with E-state index in [0.29, 0.717) is 23.2 Å². The second-order valence-electron chi connectivity index (χ2n) is 13.0. The first kappa shape index (κ1) is 28.6. The van der Waals surface area contributed by atoms with Gasteiger partial charge < -0.3 is 8.83 Å². The Morgan fingerprint density at radius 2 is 1.00 bits per heavy atom. The van der Waals surface area contributed by atoms with E-state index >= 15 is 0 Å². The fourth-order valence-electron chi connectivity index (χ4n) is 7.60. The minimum atomic E-state index is 0.572. The quantitative estimate of drug-likeness (QED) is 0.186. The van der Waals surface area contributed by atoms with E-state index in [2.05, 4.69) is 66.7 Å². The van der Waals surface area contributed by atoms with Crippen LogP contribution in [0.3, 0.4) is 0 Å². The van der Waals surface area contributed by atoms with Gasteiger partial charge in [-0.3, -0.25) is 0 Å². The van der Waals surface area contributed by atoms with Crippen LogP contribution < -0.4 is 0 Å². The minimum Gasteiger partial charge on any atom is -0.456 e. The molecule has 0 amide bonds. The predicted molar refractivity (Wildman–Crippen MR) is 209 cm³/mol. The average Bonchev–Trinajstić information content (AvgIpc) is 3.78. The summed E-state index contributed by atoms with van der Waals surface area (Å²) in [7, 11) is 0. The van der Waals surface area contributed by atoms with Crippen LogP contribution in [0.1, 0.15) is 0 Å². The summed E-state index contributed by atoms with van der Waals surface area (Å²) in [6.45, 7) is 0. The number of rotatable bonds is 4. The Labute approximate surface area is 296 Å². The molecule has 0 unspecified atom stereocenters. The first-order valence-corrected chi connectivity index (χ1v) is 17.2. The van der Waals surface area contributed by atoms with E-state index in [0.717, 1.165) is 87.8 Å². The molecule has 0 saturated carbocycles. The number of nitrogens with zero attached hydrogens (tertiary/aromatic N) is 4. The molecule has 0 atom stereocenters. The number of fused-ring (bicyclic) bond motifs is 8. The molecular formula is C46H26N4O2. The third-order valence-electron chi connectivity index (χ3n) is 9.94. The number of furan rings is 2. The molecule has 7 aromatic carbocycles. The van der Waals surface area contributed by atoms with E-state index in [9.17, 15) is 0 Å². The molecule has 6 nitrogen and oxygen atoms in total. The molecule has 0 spiro atoms. The summed E-state index contributed by atoms with van der Waals surface area (Å²) in [5, 5.41) is 7.21. The number of aromatic nitrogens is 4. The summed E-state index contributed by atoms with van der Waals surface area (Å²) in [5.41, 5.74) is 8.59. The molecule has 4 aromatic heterocycles. The van der Waals surface area contributed by atoms with Gasteiger partial charge in [0.25, 0.3) is 0 Å². The third kappa shape index (κ3) is 4.38. The zero-order chi connectivity index (χ0) is 34.2.